The average molecular weight is 408 g/mol. The monoisotopic (exact) mass is 408 g/mol. The van der Waals surface area contributed by atoms with E-state index in [1.165, 1.54) is 13.1 Å². The van der Waals surface area contributed by atoms with Crippen LogP contribution in [0.2, 0.25) is 18.1 Å². The van der Waals surface area contributed by atoms with Crippen LogP contribution in [-0.2, 0) is 9.16 Å². The summed E-state index contributed by atoms with van der Waals surface area (Å²) in [6.45, 7) is 11.2. The molecule has 2 rings (SSSR count). The van der Waals surface area contributed by atoms with Crippen molar-refractivity contribution in [3.05, 3.63) is 32.6 Å². The molecule has 0 saturated carbocycles. The van der Waals surface area contributed by atoms with Crippen LogP contribution in [0.5, 0.6) is 0 Å². The van der Waals surface area contributed by atoms with Gasteiger partial charge in [0.1, 0.15) is 6.23 Å². The van der Waals surface area contributed by atoms with Crippen molar-refractivity contribution in [2.75, 3.05) is 6.61 Å². The van der Waals surface area contributed by atoms with Crippen molar-refractivity contribution >= 4 is 8.32 Å². The van der Waals surface area contributed by atoms with Gasteiger partial charge >= 0.3 is 11.9 Å². The van der Waals surface area contributed by atoms with Gasteiger partial charge < -0.3 is 9.16 Å². The number of alkyl halides is 3. The minimum atomic E-state index is -4.48. The predicted molar refractivity (Wildman–Crippen MR) is 97.3 cm³/mol. The summed E-state index contributed by atoms with van der Waals surface area (Å²) in [6, 6.07) is 0. The van der Waals surface area contributed by atoms with Crippen LogP contribution < -0.4 is 11.2 Å². The average Bonchev–Trinajstić information content (AvgIpc) is 2.92. The molecule has 0 unspecified atom stereocenters. The highest BCUT2D eigenvalue weighted by Gasteiger charge is 2.52. The lowest BCUT2D eigenvalue weighted by Crippen LogP contribution is -2.44. The normalized spacial score (nSPS) is 24.4. The molecular formula is C17H27F3N2O4Si. The number of aryl methyl sites for hydroxylation is 1. The summed E-state index contributed by atoms with van der Waals surface area (Å²) in [5.41, 5.74) is -1.13. The number of H-pyrrole nitrogens is 1. The van der Waals surface area contributed by atoms with Crippen molar-refractivity contribution in [1.29, 1.82) is 0 Å². The molecule has 3 atom stereocenters. The third kappa shape index (κ3) is 4.72. The smallest absolute Gasteiger partial charge is 0.394 e. The Morgan fingerprint density at radius 1 is 1.30 bits per heavy atom. The van der Waals surface area contributed by atoms with E-state index in [0.29, 0.717) is 0 Å². The second-order valence-corrected chi connectivity index (χ2v) is 13.4. The van der Waals surface area contributed by atoms with Gasteiger partial charge in [-0.15, -0.1) is 0 Å². The number of aromatic nitrogens is 2. The maximum atomic E-state index is 13.5. The summed E-state index contributed by atoms with van der Waals surface area (Å²) in [5.74, 6) is -1.74. The number of nitrogens with zero attached hydrogens (tertiary/aromatic N) is 1. The molecule has 6 nitrogen and oxygen atoms in total. The van der Waals surface area contributed by atoms with Gasteiger partial charge in [0.15, 0.2) is 8.32 Å². The lowest BCUT2D eigenvalue weighted by molar-refractivity contribution is -0.190. The lowest BCUT2D eigenvalue weighted by Gasteiger charge is -2.37. The van der Waals surface area contributed by atoms with E-state index in [9.17, 15) is 22.8 Å². The Morgan fingerprint density at radius 2 is 1.89 bits per heavy atom. The van der Waals surface area contributed by atoms with Crippen LogP contribution in [-0.4, -0.2) is 36.8 Å². The van der Waals surface area contributed by atoms with Crippen LogP contribution >= 0.6 is 0 Å². The van der Waals surface area contributed by atoms with Gasteiger partial charge in [0.2, 0.25) is 0 Å². The number of ether oxygens (including phenoxy) is 1. The minimum absolute atomic E-state index is 0.147. The zero-order chi connectivity index (χ0) is 20.8. The molecule has 1 N–H and O–H groups in total. The zero-order valence-electron chi connectivity index (χ0n) is 16.4. The topological polar surface area (TPSA) is 73.3 Å². The van der Waals surface area contributed by atoms with Gasteiger partial charge in [-0.25, -0.2) is 4.79 Å². The van der Waals surface area contributed by atoms with E-state index in [4.69, 9.17) is 9.16 Å². The fraction of sp³-hybridized carbons (Fsp3) is 0.765. The van der Waals surface area contributed by atoms with E-state index in [-0.39, 0.29) is 17.2 Å². The summed E-state index contributed by atoms with van der Waals surface area (Å²) >= 11 is 0. The molecule has 1 fully saturated rings. The Kier molecular flexibility index (Phi) is 5.85. The highest BCUT2D eigenvalue weighted by Crippen LogP contribution is 2.44. The first-order chi connectivity index (χ1) is 12.1. The molecule has 1 aromatic heterocycles. The van der Waals surface area contributed by atoms with Crippen LogP contribution in [0, 0.1) is 12.8 Å². The van der Waals surface area contributed by atoms with Crippen molar-refractivity contribution in [1.82, 2.24) is 9.55 Å². The van der Waals surface area contributed by atoms with Crippen molar-refractivity contribution in [2.24, 2.45) is 5.92 Å². The number of nitrogens with one attached hydrogen (secondary N) is 1. The maximum absolute atomic E-state index is 13.5. The molecule has 0 aliphatic carbocycles. The molecule has 1 aliphatic rings. The Labute approximate surface area is 156 Å². The van der Waals surface area contributed by atoms with Gasteiger partial charge in [0, 0.05) is 18.2 Å². The number of rotatable bonds is 4. The van der Waals surface area contributed by atoms with E-state index in [1.807, 2.05) is 33.9 Å². The number of hydrogen-bond acceptors (Lipinski definition) is 4. The molecule has 1 aliphatic heterocycles. The van der Waals surface area contributed by atoms with Crippen molar-refractivity contribution < 1.29 is 22.3 Å². The quantitative estimate of drug-likeness (QED) is 0.776. The highest BCUT2D eigenvalue weighted by atomic mass is 28.4. The van der Waals surface area contributed by atoms with E-state index >= 15 is 0 Å². The molecule has 10 heteroatoms. The Balaban J connectivity index is 2.26. The first-order valence-electron chi connectivity index (χ1n) is 8.81. The van der Waals surface area contributed by atoms with E-state index in [2.05, 4.69) is 4.98 Å². The predicted octanol–water partition coefficient (Wildman–Crippen LogP) is 3.33. The summed E-state index contributed by atoms with van der Waals surface area (Å²) in [4.78, 5) is 25.6. The van der Waals surface area contributed by atoms with E-state index in [1.54, 1.807) is 0 Å². The van der Waals surface area contributed by atoms with Crippen LogP contribution in [0.3, 0.4) is 0 Å². The van der Waals surface area contributed by atoms with Gasteiger partial charge in [-0.1, -0.05) is 20.8 Å². The molecule has 2 heterocycles. The van der Waals surface area contributed by atoms with Crippen LogP contribution in [0.1, 0.15) is 39.0 Å². The van der Waals surface area contributed by atoms with Crippen LogP contribution in [0.15, 0.2) is 15.8 Å². The number of halogens is 3. The molecule has 27 heavy (non-hydrogen) atoms. The van der Waals surface area contributed by atoms with Crippen LogP contribution in [0.25, 0.3) is 0 Å². The highest BCUT2D eigenvalue weighted by molar-refractivity contribution is 6.74. The Morgan fingerprint density at radius 3 is 2.41 bits per heavy atom. The summed E-state index contributed by atoms with van der Waals surface area (Å²) in [5, 5.41) is -0.147. The van der Waals surface area contributed by atoms with Gasteiger partial charge in [-0.05, 0) is 25.1 Å². The lowest BCUT2D eigenvalue weighted by atomic mass is 10.0. The second-order valence-electron chi connectivity index (χ2n) is 8.56. The third-order valence-corrected chi connectivity index (χ3v) is 10.0. The first kappa shape index (κ1) is 21.9. The molecular weight excluding hydrogens is 381 g/mol. The SMILES string of the molecule is Cc1cn([C@H]2C[C@H](C(F)(F)F)[C@@H](CO[Si](C)(C)C(C)(C)C)O2)c(=O)[nH]c1=O. The number of hydrogen-bond donors (Lipinski definition) is 1. The second kappa shape index (κ2) is 7.21. The van der Waals surface area contributed by atoms with Gasteiger partial charge in [-0.3, -0.25) is 14.3 Å². The molecule has 0 bridgehead atoms. The fourth-order valence-electron chi connectivity index (χ4n) is 2.71. The molecule has 154 valence electrons. The minimum Gasteiger partial charge on any atom is -0.414 e. The summed E-state index contributed by atoms with van der Waals surface area (Å²) in [6.07, 6.45) is -5.95. The van der Waals surface area contributed by atoms with Gasteiger partial charge in [0.25, 0.3) is 5.56 Å². The molecule has 1 aromatic rings. The van der Waals surface area contributed by atoms with Gasteiger partial charge in [0.05, 0.1) is 18.6 Å². The van der Waals surface area contributed by atoms with Gasteiger partial charge in [-0.2, -0.15) is 13.2 Å². The van der Waals surface area contributed by atoms with Crippen molar-refractivity contribution in [3.8, 4) is 0 Å². The number of aromatic amines is 1. The fourth-order valence-corrected chi connectivity index (χ4v) is 3.72. The largest absolute Gasteiger partial charge is 0.414 e. The maximum Gasteiger partial charge on any atom is 0.394 e. The Hall–Kier alpha value is -1.39. The first-order valence-corrected chi connectivity index (χ1v) is 11.7. The van der Waals surface area contributed by atoms with Crippen molar-refractivity contribution in [2.45, 2.75) is 70.8 Å². The molecule has 0 amide bonds. The van der Waals surface area contributed by atoms with E-state index in [0.717, 1.165) is 4.57 Å². The summed E-state index contributed by atoms with van der Waals surface area (Å²) < 4.78 is 53.1. The molecule has 0 aromatic carbocycles. The Bertz CT molecular complexity index is 795. The third-order valence-electron chi connectivity index (χ3n) is 5.53. The van der Waals surface area contributed by atoms with E-state index < -0.39 is 50.4 Å². The molecule has 0 spiro atoms. The standard InChI is InChI=1S/C17H27F3N2O4Si/c1-10-8-22(15(24)21-14(10)23)13-7-11(17(18,19)20)12(26-13)9-25-27(5,6)16(2,3)4/h8,11-13H,7,9H2,1-6H3,(H,21,23,24)/t11-,12+,13+/m0/s1. The zero-order valence-corrected chi connectivity index (χ0v) is 17.4. The summed E-state index contributed by atoms with van der Waals surface area (Å²) in [7, 11) is -2.25. The van der Waals surface area contributed by atoms with Crippen LogP contribution in [0.4, 0.5) is 13.2 Å². The molecule has 0 radical (unpaired) electrons. The van der Waals surface area contributed by atoms with Crippen molar-refractivity contribution in [3.63, 3.8) is 0 Å². The molecule has 1 saturated heterocycles.